The molecule has 2 aromatic rings. The molecule has 26 heavy (non-hydrogen) atoms. The largest absolute Gasteiger partial charge is 0.508 e. The van der Waals surface area contributed by atoms with Gasteiger partial charge in [0.2, 0.25) is 0 Å². The van der Waals surface area contributed by atoms with Crippen molar-refractivity contribution in [1.82, 2.24) is 10.6 Å². The molecule has 2 aromatic carbocycles. The summed E-state index contributed by atoms with van der Waals surface area (Å²) >= 11 is 0. The molecule has 4 rings (SSSR count). The molecule has 2 atom stereocenters. The molecule has 0 bridgehead atoms. The Morgan fingerprint density at radius 3 is 2.58 bits per heavy atom. The quantitative estimate of drug-likeness (QED) is 0.731. The standard InChI is InChI=1S/C21H24N2O3/c1-13-9-15(24)10-17-18(13)16(14-7-5-4-6-8-14)11-21(26-17)12-20(2,3)22-19(25)23-21/h4-10,16,24H,11-12H2,1-3H3,(H2,22,23,25)/t16-,21+/m1/s1. The van der Waals surface area contributed by atoms with Crippen LogP contribution >= 0.6 is 0 Å². The Morgan fingerprint density at radius 2 is 1.88 bits per heavy atom. The molecule has 2 heterocycles. The molecule has 5 nitrogen and oxygen atoms in total. The van der Waals surface area contributed by atoms with Crippen LogP contribution in [0.25, 0.3) is 0 Å². The minimum Gasteiger partial charge on any atom is -0.508 e. The average Bonchev–Trinajstić information content (AvgIpc) is 2.51. The van der Waals surface area contributed by atoms with Gasteiger partial charge in [-0.15, -0.1) is 0 Å². The van der Waals surface area contributed by atoms with Crippen molar-refractivity contribution in [3.8, 4) is 11.5 Å². The number of urea groups is 1. The number of aromatic hydroxyl groups is 1. The van der Waals surface area contributed by atoms with Gasteiger partial charge in [-0.25, -0.2) is 4.79 Å². The highest BCUT2D eigenvalue weighted by Crippen LogP contribution is 2.48. The van der Waals surface area contributed by atoms with Crippen molar-refractivity contribution >= 4 is 6.03 Å². The molecule has 0 unspecified atom stereocenters. The fraction of sp³-hybridized carbons (Fsp3) is 0.381. The van der Waals surface area contributed by atoms with Crippen molar-refractivity contribution in [3.05, 3.63) is 59.2 Å². The molecule has 5 heteroatoms. The summed E-state index contributed by atoms with van der Waals surface area (Å²) in [6.07, 6.45) is 1.27. The number of carbonyl (C=O) groups excluding carboxylic acids is 1. The minimum atomic E-state index is -0.806. The van der Waals surface area contributed by atoms with E-state index in [-0.39, 0.29) is 23.2 Å². The Kier molecular flexibility index (Phi) is 3.65. The molecular formula is C21H24N2O3. The number of aryl methyl sites for hydroxylation is 1. The third-order valence-corrected chi connectivity index (χ3v) is 5.24. The van der Waals surface area contributed by atoms with E-state index in [1.165, 1.54) is 5.56 Å². The SMILES string of the molecule is Cc1cc(O)cc2c1[C@@H](c1ccccc1)C[C@@]1(CC(C)(C)NC(=O)N1)O2. The predicted octanol–water partition coefficient (Wildman–Crippen LogP) is 3.79. The van der Waals surface area contributed by atoms with Gasteiger partial charge in [0.15, 0.2) is 5.72 Å². The lowest BCUT2D eigenvalue weighted by atomic mass is 9.76. The van der Waals surface area contributed by atoms with Crippen LogP contribution in [-0.4, -0.2) is 22.4 Å². The van der Waals surface area contributed by atoms with Gasteiger partial charge >= 0.3 is 6.03 Å². The van der Waals surface area contributed by atoms with Crippen LogP contribution in [0.5, 0.6) is 11.5 Å². The van der Waals surface area contributed by atoms with E-state index in [1.54, 1.807) is 12.1 Å². The average molecular weight is 352 g/mol. The monoisotopic (exact) mass is 352 g/mol. The van der Waals surface area contributed by atoms with Gasteiger partial charge in [-0.2, -0.15) is 0 Å². The van der Waals surface area contributed by atoms with Gasteiger partial charge in [0.25, 0.3) is 0 Å². The van der Waals surface area contributed by atoms with Crippen molar-refractivity contribution in [3.63, 3.8) is 0 Å². The molecular weight excluding hydrogens is 328 g/mol. The Hall–Kier alpha value is -2.69. The zero-order valence-electron chi connectivity index (χ0n) is 15.3. The van der Waals surface area contributed by atoms with E-state index in [2.05, 4.69) is 22.8 Å². The van der Waals surface area contributed by atoms with Crippen LogP contribution in [0.2, 0.25) is 0 Å². The highest BCUT2D eigenvalue weighted by Gasteiger charge is 2.50. The highest BCUT2D eigenvalue weighted by molar-refractivity contribution is 5.77. The molecule has 0 saturated carbocycles. The Balaban J connectivity index is 1.86. The van der Waals surface area contributed by atoms with E-state index in [0.717, 1.165) is 11.1 Å². The first-order valence-electron chi connectivity index (χ1n) is 8.95. The number of amides is 2. The molecule has 0 aromatic heterocycles. The number of benzene rings is 2. The second kappa shape index (κ2) is 5.66. The summed E-state index contributed by atoms with van der Waals surface area (Å²) in [7, 11) is 0. The van der Waals surface area contributed by atoms with Crippen molar-refractivity contribution in [1.29, 1.82) is 0 Å². The topological polar surface area (TPSA) is 70.6 Å². The Bertz CT molecular complexity index is 863. The smallest absolute Gasteiger partial charge is 0.318 e. The third-order valence-electron chi connectivity index (χ3n) is 5.24. The second-order valence-electron chi connectivity index (χ2n) is 8.08. The van der Waals surface area contributed by atoms with Crippen LogP contribution in [0.1, 0.15) is 49.3 Å². The van der Waals surface area contributed by atoms with Crippen molar-refractivity contribution in [2.45, 2.75) is 50.8 Å². The molecule has 1 fully saturated rings. The summed E-state index contributed by atoms with van der Waals surface area (Å²) in [6, 6.07) is 13.4. The van der Waals surface area contributed by atoms with E-state index in [9.17, 15) is 9.90 Å². The Morgan fingerprint density at radius 1 is 1.15 bits per heavy atom. The van der Waals surface area contributed by atoms with E-state index in [4.69, 9.17) is 4.74 Å². The lowest BCUT2D eigenvalue weighted by Gasteiger charge is -2.49. The third kappa shape index (κ3) is 2.87. The number of nitrogens with one attached hydrogen (secondary N) is 2. The van der Waals surface area contributed by atoms with Crippen LogP contribution in [0.4, 0.5) is 4.79 Å². The number of phenolic OH excluding ortho intramolecular Hbond substituents is 1. The molecule has 1 saturated heterocycles. The van der Waals surface area contributed by atoms with Crippen LogP contribution in [0.15, 0.2) is 42.5 Å². The summed E-state index contributed by atoms with van der Waals surface area (Å²) in [4.78, 5) is 12.3. The number of fused-ring (bicyclic) bond motifs is 1. The zero-order valence-corrected chi connectivity index (χ0v) is 15.3. The first-order valence-corrected chi connectivity index (χ1v) is 8.95. The van der Waals surface area contributed by atoms with E-state index in [1.807, 2.05) is 39.0 Å². The molecule has 0 radical (unpaired) electrons. The summed E-state index contributed by atoms with van der Waals surface area (Å²) in [5.74, 6) is 0.889. The molecule has 136 valence electrons. The number of carbonyl (C=O) groups is 1. The molecule has 0 aliphatic carbocycles. The van der Waals surface area contributed by atoms with Crippen molar-refractivity contribution in [2.75, 3.05) is 0 Å². The molecule has 3 N–H and O–H groups in total. The number of hydrogen-bond donors (Lipinski definition) is 3. The normalized spacial score (nSPS) is 26.4. The van der Waals surface area contributed by atoms with Crippen LogP contribution in [0, 0.1) is 6.92 Å². The van der Waals surface area contributed by atoms with E-state index >= 15 is 0 Å². The lowest BCUT2D eigenvalue weighted by molar-refractivity contribution is -0.0237. The van der Waals surface area contributed by atoms with Gasteiger partial charge < -0.3 is 20.5 Å². The second-order valence-corrected chi connectivity index (χ2v) is 8.08. The Labute approximate surface area is 153 Å². The summed E-state index contributed by atoms with van der Waals surface area (Å²) in [5, 5.41) is 16.0. The fourth-order valence-corrected chi connectivity index (χ4v) is 4.47. The molecule has 2 aliphatic heterocycles. The summed E-state index contributed by atoms with van der Waals surface area (Å²) < 4.78 is 6.35. The number of phenols is 1. The zero-order chi connectivity index (χ0) is 18.5. The van der Waals surface area contributed by atoms with Crippen molar-refractivity contribution in [2.24, 2.45) is 0 Å². The number of hydrogen-bond acceptors (Lipinski definition) is 3. The van der Waals surface area contributed by atoms with Gasteiger partial charge in [-0.05, 0) is 38.0 Å². The predicted molar refractivity (Wildman–Crippen MR) is 99.5 cm³/mol. The number of rotatable bonds is 1. The number of ether oxygens (including phenoxy) is 1. The van der Waals surface area contributed by atoms with Crippen LogP contribution < -0.4 is 15.4 Å². The van der Waals surface area contributed by atoms with E-state index < -0.39 is 5.72 Å². The summed E-state index contributed by atoms with van der Waals surface area (Å²) in [5.41, 5.74) is 2.05. The van der Waals surface area contributed by atoms with Crippen molar-refractivity contribution < 1.29 is 14.6 Å². The molecule has 2 aliphatic rings. The molecule has 2 amide bonds. The first-order chi connectivity index (χ1) is 12.3. The van der Waals surface area contributed by atoms with Gasteiger partial charge in [0, 0.05) is 35.9 Å². The maximum Gasteiger partial charge on any atom is 0.318 e. The van der Waals surface area contributed by atoms with Gasteiger partial charge in [-0.1, -0.05) is 30.3 Å². The maximum atomic E-state index is 12.3. The van der Waals surface area contributed by atoms with Gasteiger partial charge in [-0.3, -0.25) is 0 Å². The minimum absolute atomic E-state index is 0.0785. The van der Waals surface area contributed by atoms with Gasteiger partial charge in [0.1, 0.15) is 11.5 Å². The van der Waals surface area contributed by atoms with Crippen LogP contribution in [0.3, 0.4) is 0 Å². The maximum absolute atomic E-state index is 12.3. The first kappa shape index (κ1) is 16.8. The van der Waals surface area contributed by atoms with Crippen LogP contribution in [-0.2, 0) is 0 Å². The summed E-state index contributed by atoms with van der Waals surface area (Å²) in [6.45, 7) is 5.98. The van der Waals surface area contributed by atoms with Gasteiger partial charge in [0.05, 0.1) is 0 Å². The highest BCUT2D eigenvalue weighted by atomic mass is 16.5. The van der Waals surface area contributed by atoms with E-state index in [0.29, 0.717) is 18.6 Å². The molecule has 1 spiro atoms. The fourth-order valence-electron chi connectivity index (χ4n) is 4.47. The lowest BCUT2D eigenvalue weighted by Crippen LogP contribution is -2.69.